The Kier molecular flexibility index (Phi) is 6.09. The number of nitrogens with one attached hydrogen (secondary N) is 1. The average Bonchev–Trinajstić information content (AvgIpc) is 3.50. The molecule has 8 rings (SSSR count). The molecule has 0 bridgehead atoms. The highest BCUT2D eigenvalue weighted by molar-refractivity contribution is 6.06. The number of hydrogen-bond donors (Lipinski definition) is 1. The van der Waals surface area contributed by atoms with Gasteiger partial charge in [-0.05, 0) is 134 Å². The second kappa shape index (κ2) is 9.97. The second-order valence-corrected chi connectivity index (χ2v) is 13.0. The molecule has 0 atom stereocenters. The van der Waals surface area contributed by atoms with E-state index in [2.05, 4.69) is 144 Å². The maximum atomic E-state index is 6.11. The van der Waals surface area contributed by atoms with Crippen LogP contribution in [0.5, 0.6) is 0 Å². The van der Waals surface area contributed by atoms with Gasteiger partial charge in [-0.15, -0.1) is 0 Å². The molecule has 1 aliphatic rings. The van der Waals surface area contributed by atoms with Crippen molar-refractivity contribution in [1.82, 2.24) is 0 Å². The molecule has 45 heavy (non-hydrogen) atoms. The number of furan rings is 1. The van der Waals surface area contributed by atoms with E-state index in [1.165, 1.54) is 66.8 Å². The fraction of sp³-hybridized carbons (Fsp3) is 0.163. The summed E-state index contributed by atoms with van der Waals surface area (Å²) in [6, 6.07) is 40.1. The van der Waals surface area contributed by atoms with Crippen LogP contribution in [0.2, 0.25) is 0 Å². The topological polar surface area (TPSA) is 25.2 Å². The van der Waals surface area contributed by atoms with E-state index < -0.39 is 5.41 Å². The van der Waals surface area contributed by atoms with Crippen LogP contribution >= 0.6 is 0 Å². The van der Waals surface area contributed by atoms with Gasteiger partial charge in [0.05, 0.1) is 5.41 Å². The number of benzene rings is 6. The molecule has 7 aromatic rings. The summed E-state index contributed by atoms with van der Waals surface area (Å²) < 4.78 is 6.11. The van der Waals surface area contributed by atoms with E-state index in [4.69, 9.17) is 4.42 Å². The van der Waals surface area contributed by atoms with Crippen LogP contribution in [0.15, 0.2) is 114 Å². The molecule has 1 aliphatic carbocycles. The lowest BCUT2D eigenvalue weighted by Crippen LogP contribution is -2.32. The smallest absolute Gasteiger partial charge is 0.135 e. The monoisotopic (exact) mass is 583 g/mol. The molecule has 0 spiro atoms. The number of aryl methyl sites for hydroxylation is 6. The van der Waals surface area contributed by atoms with E-state index >= 15 is 0 Å². The molecule has 1 N–H and O–H groups in total. The molecule has 0 aliphatic heterocycles. The zero-order chi connectivity index (χ0) is 31.0. The maximum Gasteiger partial charge on any atom is 0.135 e. The predicted octanol–water partition coefficient (Wildman–Crippen LogP) is 11.5. The van der Waals surface area contributed by atoms with Gasteiger partial charge >= 0.3 is 0 Å². The summed E-state index contributed by atoms with van der Waals surface area (Å²) in [5.74, 6) is 0. The molecule has 0 saturated heterocycles. The number of para-hydroxylation sites is 1. The summed E-state index contributed by atoms with van der Waals surface area (Å²) in [5, 5.41) is 6.04. The van der Waals surface area contributed by atoms with E-state index in [9.17, 15) is 0 Å². The van der Waals surface area contributed by atoms with Crippen molar-refractivity contribution in [3.8, 4) is 11.1 Å². The molecule has 0 fully saturated rings. The molecular weight excluding hydrogens is 546 g/mol. The SMILES string of the molecule is Cc1cc(C)c(C2(c3c(C)cc(C)cc3C)c3ccccc3-c3ccc(Nc4ccc5oc6ccccc6c5c4)cc32)c(C)c1. The Morgan fingerprint density at radius 1 is 0.467 bits per heavy atom. The van der Waals surface area contributed by atoms with E-state index in [0.29, 0.717) is 0 Å². The van der Waals surface area contributed by atoms with Crippen LogP contribution in [0.1, 0.15) is 55.6 Å². The average molecular weight is 584 g/mol. The van der Waals surface area contributed by atoms with Gasteiger partial charge in [-0.2, -0.15) is 0 Å². The first-order chi connectivity index (χ1) is 21.8. The molecule has 0 radical (unpaired) electrons. The predicted molar refractivity (Wildman–Crippen MR) is 189 cm³/mol. The van der Waals surface area contributed by atoms with Crippen molar-refractivity contribution in [2.24, 2.45) is 0 Å². The number of fused-ring (bicyclic) bond motifs is 6. The maximum absolute atomic E-state index is 6.11. The molecule has 2 nitrogen and oxygen atoms in total. The first-order valence-corrected chi connectivity index (χ1v) is 15.8. The lowest BCUT2D eigenvalue weighted by Gasteiger charge is -2.39. The van der Waals surface area contributed by atoms with Crippen molar-refractivity contribution >= 4 is 33.3 Å². The lowest BCUT2D eigenvalue weighted by atomic mass is 9.63. The Hall–Kier alpha value is -5.08. The van der Waals surface area contributed by atoms with Gasteiger partial charge in [-0.1, -0.05) is 83.9 Å². The fourth-order valence-electron chi connectivity index (χ4n) is 8.53. The van der Waals surface area contributed by atoms with Gasteiger partial charge in [0, 0.05) is 22.1 Å². The summed E-state index contributed by atoms with van der Waals surface area (Å²) >= 11 is 0. The van der Waals surface area contributed by atoms with Crippen LogP contribution in [-0.2, 0) is 5.41 Å². The first-order valence-electron chi connectivity index (χ1n) is 15.8. The van der Waals surface area contributed by atoms with Crippen molar-refractivity contribution in [3.05, 3.63) is 165 Å². The molecule has 0 amide bonds. The van der Waals surface area contributed by atoms with Gasteiger partial charge in [-0.25, -0.2) is 0 Å². The van der Waals surface area contributed by atoms with E-state index in [1.54, 1.807) is 0 Å². The van der Waals surface area contributed by atoms with Crippen LogP contribution in [0.25, 0.3) is 33.1 Å². The summed E-state index contributed by atoms with van der Waals surface area (Å²) in [7, 11) is 0. The molecule has 220 valence electrons. The third-order valence-corrected chi connectivity index (χ3v) is 9.81. The Morgan fingerprint density at radius 3 is 1.69 bits per heavy atom. The van der Waals surface area contributed by atoms with Crippen LogP contribution in [-0.4, -0.2) is 0 Å². The largest absolute Gasteiger partial charge is 0.456 e. The Bertz CT molecular complexity index is 2210. The number of hydrogen-bond acceptors (Lipinski definition) is 2. The minimum atomic E-state index is -0.460. The summed E-state index contributed by atoms with van der Waals surface area (Å²) in [4.78, 5) is 0. The van der Waals surface area contributed by atoms with Gasteiger partial charge in [-0.3, -0.25) is 0 Å². The molecule has 2 heteroatoms. The zero-order valence-corrected chi connectivity index (χ0v) is 26.8. The van der Waals surface area contributed by atoms with Crippen molar-refractivity contribution in [3.63, 3.8) is 0 Å². The first kappa shape index (κ1) is 27.5. The third kappa shape index (κ3) is 4.02. The summed E-state index contributed by atoms with van der Waals surface area (Å²) in [6.45, 7) is 13.6. The number of rotatable bonds is 4. The molecular formula is C43H37NO. The van der Waals surface area contributed by atoms with Crippen molar-refractivity contribution in [2.75, 3.05) is 5.32 Å². The third-order valence-electron chi connectivity index (χ3n) is 9.81. The van der Waals surface area contributed by atoms with Gasteiger partial charge in [0.2, 0.25) is 0 Å². The van der Waals surface area contributed by atoms with Gasteiger partial charge in [0.25, 0.3) is 0 Å². The molecule has 6 aromatic carbocycles. The normalized spacial score (nSPS) is 13.3. The molecule has 1 heterocycles. The van der Waals surface area contributed by atoms with Gasteiger partial charge in [0.15, 0.2) is 0 Å². The molecule has 0 saturated carbocycles. The highest BCUT2D eigenvalue weighted by Gasteiger charge is 2.49. The fourth-order valence-corrected chi connectivity index (χ4v) is 8.53. The van der Waals surface area contributed by atoms with E-state index in [0.717, 1.165) is 33.3 Å². The zero-order valence-electron chi connectivity index (χ0n) is 26.8. The standard InChI is InChI=1S/C43H37NO/c1-25-19-27(3)41(28(4)20-25)43(42-29(5)21-26(2)22-30(42)6)37-13-9-7-11-33(37)34-17-15-32(24-38(34)43)44-31-16-18-40-36(23-31)35-12-8-10-14-39(35)45-40/h7-24,44H,1-6H3. The van der Waals surface area contributed by atoms with E-state index in [-0.39, 0.29) is 0 Å². The Morgan fingerprint density at radius 2 is 1.00 bits per heavy atom. The quantitative estimate of drug-likeness (QED) is 0.223. The minimum absolute atomic E-state index is 0.460. The van der Waals surface area contributed by atoms with Crippen molar-refractivity contribution in [1.29, 1.82) is 0 Å². The van der Waals surface area contributed by atoms with Gasteiger partial charge in [0.1, 0.15) is 11.2 Å². The Labute approximate surface area is 265 Å². The highest BCUT2D eigenvalue weighted by atomic mass is 16.3. The van der Waals surface area contributed by atoms with Gasteiger partial charge < -0.3 is 9.73 Å². The molecule has 1 aromatic heterocycles. The second-order valence-electron chi connectivity index (χ2n) is 13.0. The van der Waals surface area contributed by atoms with Crippen LogP contribution < -0.4 is 5.32 Å². The van der Waals surface area contributed by atoms with Crippen molar-refractivity contribution in [2.45, 2.75) is 47.0 Å². The highest BCUT2D eigenvalue weighted by Crippen LogP contribution is 2.59. The minimum Gasteiger partial charge on any atom is -0.456 e. The van der Waals surface area contributed by atoms with Crippen LogP contribution in [0.4, 0.5) is 11.4 Å². The van der Waals surface area contributed by atoms with Crippen LogP contribution in [0.3, 0.4) is 0 Å². The summed E-state index contributed by atoms with van der Waals surface area (Å²) in [6.07, 6.45) is 0. The Balaban J connectivity index is 1.40. The number of anilines is 2. The lowest BCUT2D eigenvalue weighted by molar-refractivity contribution is 0.669. The van der Waals surface area contributed by atoms with Crippen molar-refractivity contribution < 1.29 is 4.42 Å². The summed E-state index contributed by atoms with van der Waals surface area (Å²) in [5.41, 5.74) is 19.4. The molecule has 0 unspecified atom stereocenters. The van der Waals surface area contributed by atoms with E-state index in [1.807, 2.05) is 12.1 Å². The van der Waals surface area contributed by atoms with Crippen LogP contribution in [0, 0.1) is 41.5 Å².